The predicted octanol–water partition coefficient (Wildman–Crippen LogP) is 4.30. The van der Waals surface area contributed by atoms with E-state index in [1.807, 2.05) is 0 Å². The van der Waals surface area contributed by atoms with Crippen molar-refractivity contribution in [2.75, 3.05) is 13.2 Å². The van der Waals surface area contributed by atoms with E-state index in [-0.39, 0.29) is 6.61 Å². The fraction of sp³-hybridized carbons (Fsp3) is 1.00. The lowest BCUT2D eigenvalue weighted by Crippen LogP contribution is -2.18. The van der Waals surface area contributed by atoms with Gasteiger partial charge in [0.25, 0.3) is 0 Å². The van der Waals surface area contributed by atoms with Crippen LogP contribution in [0, 0.1) is 5.92 Å². The molecule has 1 rings (SSSR count). The Morgan fingerprint density at radius 2 is 1.88 bits per heavy atom. The number of hydrogen-bond acceptors (Lipinski definition) is 1. The largest absolute Gasteiger partial charge is 0.411 e. The molecule has 0 saturated heterocycles. The topological polar surface area (TPSA) is 9.23 Å². The van der Waals surface area contributed by atoms with Crippen molar-refractivity contribution in [3.8, 4) is 0 Å². The van der Waals surface area contributed by atoms with E-state index < -0.39 is 12.8 Å². The van der Waals surface area contributed by atoms with Gasteiger partial charge in [0.05, 0.1) is 0 Å². The highest BCUT2D eigenvalue weighted by atomic mass is 79.9. The molecule has 0 aliphatic heterocycles. The van der Waals surface area contributed by atoms with Crippen LogP contribution in [0.15, 0.2) is 0 Å². The van der Waals surface area contributed by atoms with E-state index in [9.17, 15) is 13.2 Å². The highest BCUT2D eigenvalue weighted by molar-refractivity contribution is 9.09. The summed E-state index contributed by atoms with van der Waals surface area (Å²) in [5, 5.41) is 0. The number of hydrogen-bond donors (Lipinski definition) is 0. The van der Waals surface area contributed by atoms with E-state index in [0.29, 0.717) is 17.2 Å². The first-order valence-electron chi connectivity index (χ1n) is 5.77. The molecule has 1 atom stereocenters. The standard InChI is InChI=1S/C11H18BrF3O/c12-10(9-4-1-2-5-9)6-3-7-16-8-11(13,14)15/h9-10H,1-8H2. The quantitative estimate of drug-likeness (QED) is 0.525. The second-order valence-electron chi connectivity index (χ2n) is 4.37. The number of halogens is 4. The Hall–Kier alpha value is 0.230. The van der Waals surface area contributed by atoms with Crippen molar-refractivity contribution < 1.29 is 17.9 Å². The van der Waals surface area contributed by atoms with Crippen molar-refractivity contribution in [2.24, 2.45) is 5.92 Å². The van der Waals surface area contributed by atoms with Crippen LogP contribution in [-0.2, 0) is 4.74 Å². The number of rotatable bonds is 6. The molecule has 0 bridgehead atoms. The molecule has 0 radical (unpaired) electrons. The molecule has 1 aliphatic carbocycles. The fourth-order valence-corrected chi connectivity index (χ4v) is 2.98. The molecular formula is C11H18BrF3O. The van der Waals surface area contributed by atoms with Gasteiger partial charge in [-0.2, -0.15) is 13.2 Å². The van der Waals surface area contributed by atoms with Gasteiger partial charge in [0.2, 0.25) is 0 Å². The minimum Gasteiger partial charge on any atom is -0.372 e. The minimum absolute atomic E-state index is 0.203. The van der Waals surface area contributed by atoms with Gasteiger partial charge in [-0.25, -0.2) is 0 Å². The molecular weight excluding hydrogens is 285 g/mol. The molecule has 96 valence electrons. The van der Waals surface area contributed by atoms with E-state index in [1.165, 1.54) is 25.7 Å². The molecule has 1 aliphatic rings. The van der Waals surface area contributed by atoms with Crippen molar-refractivity contribution in [3.05, 3.63) is 0 Å². The van der Waals surface area contributed by atoms with Crippen molar-refractivity contribution in [1.82, 2.24) is 0 Å². The third-order valence-corrected chi connectivity index (χ3v) is 4.15. The van der Waals surface area contributed by atoms with Gasteiger partial charge in [0, 0.05) is 11.4 Å². The predicted molar refractivity (Wildman–Crippen MR) is 60.8 cm³/mol. The van der Waals surface area contributed by atoms with Gasteiger partial charge in [-0.05, 0) is 31.6 Å². The molecule has 5 heteroatoms. The monoisotopic (exact) mass is 302 g/mol. The smallest absolute Gasteiger partial charge is 0.372 e. The molecule has 0 amide bonds. The Kier molecular flexibility index (Phi) is 6.11. The molecule has 0 spiro atoms. The molecule has 0 aromatic heterocycles. The lowest BCUT2D eigenvalue weighted by Gasteiger charge is -2.16. The Morgan fingerprint density at radius 1 is 1.25 bits per heavy atom. The summed E-state index contributed by atoms with van der Waals surface area (Å²) < 4.78 is 39.8. The first-order valence-corrected chi connectivity index (χ1v) is 6.69. The first-order chi connectivity index (χ1) is 7.49. The molecule has 1 unspecified atom stereocenters. The first kappa shape index (κ1) is 14.3. The van der Waals surface area contributed by atoms with Crippen molar-refractivity contribution >= 4 is 15.9 Å². The van der Waals surface area contributed by atoms with Crippen molar-refractivity contribution in [2.45, 2.75) is 49.5 Å². The Balaban J connectivity index is 1.98. The zero-order valence-electron chi connectivity index (χ0n) is 9.23. The van der Waals surface area contributed by atoms with E-state index in [1.54, 1.807) is 0 Å². The summed E-state index contributed by atoms with van der Waals surface area (Å²) in [6.45, 7) is -0.919. The van der Waals surface area contributed by atoms with Crippen LogP contribution in [0.2, 0.25) is 0 Å². The average Bonchev–Trinajstić information content (AvgIpc) is 2.67. The molecule has 1 nitrogen and oxygen atoms in total. The zero-order valence-corrected chi connectivity index (χ0v) is 10.8. The van der Waals surface area contributed by atoms with Crippen LogP contribution in [0.25, 0.3) is 0 Å². The van der Waals surface area contributed by atoms with Gasteiger partial charge >= 0.3 is 6.18 Å². The van der Waals surface area contributed by atoms with E-state index >= 15 is 0 Å². The van der Waals surface area contributed by atoms with Crippen LogP contribution in [-0.4, -0.2) is 24.2 Å². The second kappa shape index (κ2) is 6.84. The lowest BCUT2D eigenvalue weighted by molar-refractivity contribution is -0.174. The fourth-order valence-electron chi connectivity index (χ4n) is 2.12. The van der Waals surface area contributed by atoms with Crippen LogP contribution >= 0.6 is 15.9 Å². The van der Waals surface area contributed by atoms with Gasteiger partial charge in [-0.15, -0.1) is 0 Å². The van der Waals surface area contributed by atoms with Gasteiger partial charge < -0.3 is 4.74 Å². The van der Waals surface area contributed by atoms with Crippen LogP contribution < -0.4 is 0 Å². The summed E-state index contributed by atoms with van der Waals surface area (Å²) >= 11 is 3.62. The SMILES string of the molecule is FC(F)(F)COCCCC(Br)C1CCCC1. The average molecular weight is 303 g/mol. The number of alkyl halides is 4. The van der Waals surface area contributed by atoms with Crippen molar-refractivity contribution in [3.63, 3.8) is 0 Å². The van der Waals surface area contributed by atoms with Crippen LogP contribution in [0.1, 0.15) is 38.5 Å². The summed E-state index contributed by atoms with van der Waals surface area (Å²) in [4.78, 5) is 0.449. The zero-order chi connectivity index (χ0) is 12.0. The Morgan fingerprint density at radius 3 is 2.44 bits per heavy atom. The second-order valence-corrected chi connectivity index (χ2v) is 5.55. The third-order valence-electron chi connectivity index (χ3n) is 2.95. The van der Waals surface area contributed by atoms with Crippen LogP contribution in [0.3, 0.4) is 0 Å². The van der Waals surface area contributed by atoms with Crippen molar-refractivity contribution in [1.29, 1.82) is 0 Å². The third kappa shape index (κ3) is 6.09. The minimum atomic E-state index is -4.20. The maximum atomic E-state index is 11.8. The van der Waals surface area contributed by atoms with Crippen LogP contribution in [0.4, 0.5) is 13.2 Å². The molecule has 0 aromatic rings. The summed E-state index contributed by atoms with van der Waals surface area (Å²) in [7, 11) is 0. The van der Waals surface area contributed by atoms with Gasteiger partial charge in [-0.3, -0.25) is 0 Å². The molecule has 0 N–H and O–H groups in total. The highest BCUT2D eigenvalue weighted by Gasteiger charge is 2.27. The summed E-state index contributed by atoms with van der Waals surface area (Å²) in [5.41, 5.74) is 0. The molecule has 0 aromatic carbocycles. The Labute approximate surface area is 103 Å². The van der Waals surface area contributed by atoms with E-state index in [0.717, 1.165) is 6.42 Å². The Bertz CT molecular complexity index is 190. The van der Waals surface area contributed by atoms with Crippen LogP contribution in [0.5, 0.6) is 0 Å². The lowest BCUT2D eigenvalue weighted by atomic mass is 10.0. The van der Waals surface area contributed by atoms with Gasteiger partial charge in [0.15, 0.2) is 0 Å². The van der Waals surface area contributed by atoms with E-state index in [4.69, 9.17) is 0 Å². The summed E-state index contributed by atoms with van der Waals surface area (Å²) in [6.07, 6.45) is 2.48. The maximum Gasteiger partial charge on any atom is 0.411 e. The highest BCUT2D eigenvalue weighted by Crippen LogP contribution is 2.33. The summed E-state index contributed by atoms with van der Waals surface area (Å²) in [5.74, 6) is 0.711. The summed E-state index contributed by atoms with van der Waals surface area (Å²) in [6, 6.07) is 0. The van der Waals surface area contributed by atoms with Gasteiger partial charge in [-0.1, -0.05) is 28.8 Å². The molecule has 16 heavy (non-hydrogen) atoms. The van der Waals surface area contributed by atoms with E-state index in [2.05, 4.69) is 20.7 Å². The normalized spacial score (nSPS) is 20.2. The maximum absolute atomic E-state index is 11.8. The number of ether oxygens (including phenoxy) is 1. The molecule has 0 heterocycles. The molecule has 1 fully saturated rings. The molecule has 1 saturated carbocycles. The van der Waals surface area contributed by atoms with Gasteiger partial charge in [0.1, 0.15) is 6.61 Å².